The minimum atomic E-state index is 0.563. The summed E-state index contributed by atoms with van der Waals surface area (Å²) in [6.07, 6.45) is 8.27. The van der Waals surface area contributed by atoms with Crippen molar-refractivity contribution >= 4 is 23.5 Å². The fourth-order valence-corrected chi connectivity index (χ4v) is 6.24. The van der Waals surface area contributed by atoms with Gasteiger partial charge in [0, 0.05) is 34.7 Å². The molecule has 2 heterocycles. The van der Waals surface area contributed by atoms with E-state index in [1.54, 1.807) is 0 Å². The summed E-state index contributed by atoms with van der Waals surface area (Å²) in [5.41, 5.74) is 0. The molecule has 0 aromatic heterocycles. The Hall–Kier alpha value is 0.620. The molecule has 2 rings (SSSR count). The summed E-state index contributed by atoms with van der Waals surface area (Å²) >= 11 is 4.36. The molecule has 2 saturated heterocycles. The largest absolute Gasteiger partial charge is 0.378 e. The molecular formula is C16H31NOS2. The van der Waals surface area contributed by atoms with E-state index < -0.39 is 0 Å². The summed E-state index contributed by atoms with van der Waals surface area (Å²) in [5.74, 6) is 2.66. The van der Waals surface area contributed by atoms with Gasteiger partial charge >= 0.3 is 0 Å². The second-order valence-corrected chi connectivity index (χ2v) is 8.81. The van der Waals surface area contributed by atoms with Gasteiger partial charge in [-0.15, -0.1) is 0 Å². The normalized spacial score (nSPS) is 32.4. The molecule has 0 aromatic carbocycles. The lowest BCUT2D eigenvalue weighted by Gasteiger charge is -2.35. The molecule has 1 N–H and O–H groups in total. The number of hydrogen-bond acceptors (Lipinski definition) is 4. The predicted octanol–water partition coefficient (Wildman–Crippen LogP) is 3.94. The maximum atomic E-state index is 5.75. The first-order chi connectivity index (χ1) is 9.81. The third-order valence-corrected chi connectivity index (χ3v) is 7.61. The van der Waals surface area contributed by atoms with Crippen LogP contribution in [-0.2, 0) is 4.74 Å². The topological polar surface area (TPSA) is 21.3 Å². The van der Waals surface area contributed by atoms with Crippen LogP contribution in [0, 0.1) is 0 Å². The van der Waals surface area contributed by atoms with Crippen LogP contribution in [0.4, 0.5) is 0 Å². The zero-order valence-electron chi connectivity index (χ0n) is 13.1. The van der Waals surface area contributed by atoms with E-state index in [4.69, 9.17) is 4.74 Å². The molecule has 0 spiro atoms. The molecule has 0 saturated carbocycles. The quantitative estimate of drug-likeness (QED) is 0.731. The highest BCUT2D eigenvalue weighted by atomic mass is 32.2. The maximum Gasteiger partial charge on any atom is 0.0576 e. The molecule has 4 atom stereocenters. The minimum Gasteiger partial charge on any atom is -0.378 e. The van der Waals surface area contributed by atoms with Crippen LogP contribution in [0.25, 0.3) is 0 Å². The Morgan fingerprint density at radius 2 is 2.15 bits per heavy atom. The van der Waals surface area contributed by atoms with Gasteiger partial charge in [0.2, 0.25) is 0 Å². The first kappa shape index (κ1) is 17.0. The number of ether oxygens (including phenoxy) is 1. The molecule has 0 amide bonds. The van der Waals surface area contributed by atoms with Gasteiger partial charge in [-0.3, -0.25) is 0 Å². The lowest BCUT2D eigenvalue weighted by molar-refractivity contribution is 0.101. The first-order valence-electron chi connectivity index (χ1n) is 8.39. The van der Waals surface area contributed by atoms with E-state index in [2.05, 4.69) is 42.7 Å². The van der Waals surface area contributed by atoms with Gasteiger partial charge in [0.15, 0.2) is 0 Å². The van der Waals surface area contributed by atoms with Crippen molar-refractivity contribution in [1.82, 2.24) is 5.32 Å². The molecule has 0 radical (unpaired) electrons. The Labute approximate surface area is 133 Å². The predicted molar refractivity (Wildman–Crippen MR) is 93.1 cm³/mol. The van der Waals surface area contributed by atoms with Gasteiger partial charge in [0.1, 0.15) is 0 Å². The Morgan fingerprint density at radius 1 is 1.30 bits per heavy atom. The van der Waals surface area contributed by atoms with E-state index in [1.165, 1.54) is 56.6 Å². The fraction of sp³-hybridized carbons (Fsp3) is 1.00. The summed E-state index contributed by atoms with van der Waals surface area (Å²) in [4.78, 5) is 0. The van der Waals surface area contributed by atoms with Crippen molar-refractivity contribution in [2.24, 2.45) is 0 Å². The second kappa shape index (κ2) is 9.60. The number of thioether (sulfide) groups is 2. The molecule has 2 nitrogen and oxygen atoms in total. The molecule has 4 unspecified atom stereocenters. The molecule has 2 aliphatic heterocycles. The van der Waals surface area contributed by atoms with Gasteiger partial charge in [-0.05, 0) is 45.1 Å². The third kappa shape index (κ3) is 5.43. The molecule has 2 fully saturated rings. The summed E-state index contributed by atoms with van der Waals surface area (Å²) < 4.78 is 5.75. The van der Waals surface area contributed by atoms with Gasteiger partial charge in [-0.2, -0.15) is 23.5 Å². The highest BCUT2D eigenvalue weighted by molar-refractivity contribution is 8.07. The molecule has 0 aliphatic carbocycles. The molecule has 4 heteroatoms. The Bertz CT molecular complexity index is 259. The van der Waals surface area contributed by atoms with Crippen LogP contribution in [0.3, 0.4) is 0 Å². The Balaban J connectivity index is 1.75. The van der Waals surface area contributed by atoms with E-state index in [1.807, 2.05) is 0 Å². The number of nitrogens with one attached hydrogen (secondary N) is 1. The third-order valence-electron chi connectivity index (χ3n) is 4.36. The van der Waals surface area contributed by atoms with Gasteiger partial charge < -0.3 is 10.1 Å². The van der Waals surface area contributed by atoms with Crippen LogP contribution in [0.2, 0.25) is 0 Å². The van der Waals surface area contributed by atoms with Gasteiger partial charge in [0.25, 0.3) is 0 Å². The van der Waals surface area contributed by atoms with Gasteiger partial charge in [0.05, 0.1) is 6.10 Å². The molecule has 20 heavy (non-hydrogen) atoms. The van der Waals surface area contributed by atoms with Crippen molar-refractivity contribution in [1.29, 1.82) is 0 Å². The highest BCUT2D eigenvalue weighted by Crippen LogP contribution is 2.34. The van der Waals surface area contributed by atoms with Gasteiger partial charge in [-0.25, -0.2) is 0 Å². The molecular weight excluding hydrogens is 286 g/mol. The van der Waals surface area contributed by atoms with Crippen LogP contribution < -0.4 is 5.32 Å². The average molecular weight is 318 g/mol. The zero-order chi connectivity index (χ0) is 14.2. The first-order valence-corrected chi connectivity index (χ1v) is 10.5. The SMILES string of the molecule is CCCNC(CCCC1CCCO1)C1SCCSC1C. The van der Waals surface area contributed by atoms with E-state index in [0.29, 0.717) is 12.1 Å². The van der Waals surface area contributed by atoms with Crippen molar-refractivity contribution in [3.05, 3.63) is 0 Å². The monoisotopic (exact) mass is 317 g/mol. The molecule has 118 valence electrons. The fourth-order valence-electron chi connectivity index (χ4n) is 3.24. The second-order valence-electron chi connectivity index (χ2n) is 6.04. The Morgan fingerprint density at radius 3 is 2.85 bits per heavy atom. The lowest BCUT2D eigenvalue weighted by atomic mass is 10.0. The summed E-state index contributed by atoms with van der Waals surface area (Å²) in [5, 5.41) is 5.41. The van der Waals surface area contributed by atoms with E-state index in [-0.39, 0.29) is 0 Å². The van der Waals surface area contributed by atoms with Crippen molar-refractivity contribution in [2.45, 2.75) is 75.0 Å². The average Bonchev–Trinajstić information content (AvgIpc) is 2.97. The van der Waals surface area contributed by atoms with Crippen LogP contribution in [0.5, 0.6) is 0 Å². The highest BCUT2D eigenvalue weighted by Gasteiger charge is 2.30. The Kier molecular flexibility index (Phi) is 8.15. The van der Waals surface area contributed by atoms with Crippen LogP contribution in [-0.4, -0.2) is 47.3 Å². The molecule has 0 aromatic rings. The number of hydrogen-bond donors (Lipinski definition) is 1. The van der Waals surface area contributed by atoms with Crippen LogP contribution >= 0.6 is 23.5 Å². The lowest BCUT2D eigenvalue weighted by Crippen LogP contribution is -2.44. The van der Waals surface area contributed by atoms with Crippen molar-refractivity contribution in [2.75, 3.05) is 24.7 Å². The van der Waals surface area contributed by atoms with E-state index in [0.717, 1.165) is 17.1 Å². The van der Waals surface area contributed by atoms with Crippen LogP contribution in [0.15, 0.2) is 0 Å². The maximum absolute atomic E-state index is 5.75. The van der Waals surface area contributed by atoms with E-state index in [9.17, 15) is 0 Å². The standard InChI is InChI=1S/C16H31NOS2/c1-3-9-17-15(16-13(2)19-11-12-20-16)8-4-6-14-7-5-10-18-14/h13-17H,3-12H2,1-2H3. The van der Waals surface area contributed by atoms with Crippen molar-refractivity contribution in [3.8, 4) is 0 Å². The van der Waals surface area contributed by atoms with Crippen molar-refractivity contribution in [3.63, 3.8) is 0 Å². The molecule has 2 aliphatic rings. The van der Waals surface area contributed by atoms with Crippen LogP contribution in [0.1, 0.15) is 52.4 Å². The van der Waals surface area contributed by atoms with Gasteiger partial charge in [-0.1, -0.05) is 13.8 Å². The number of rotatable bonds is 8. The molecule has 0 bridgehead atoms. The zero-order valence-corrected chi connectivity index (χ0v) is 14.7. The summed E-state index contributed by atoms with van der Waals surface area (Å²) in [6.45, 7) is 6.85. The summed E-state index contributed by atoms with van der Waals surface area (Å²) in [7, 11) is 0. The van der Waals surface area contributed by atoms with Crippen molar-refractivity contribution < 1.29 is 4.74 Å². The van der Waals surface area contributed by atoms with E-state index >= 15 is 0 Å². The minimum absolute atomic E-state index is 0.563. The smallest absolute Gasteiger partial charge is 0.0576 e. The summed E-state index contributed by atoms with van der Waals surface area (Å²) in [6, 6.07) is 0.698.